The van der Waals surface area contributed by atoms with Crippen molar-refractivity contribution < 1.29 is 18.0 Å². The number of nitrogens with zero attached hydrogens (tertiary/aromatic N) is 3. The van der Waals surface area contributed by atoms with Crippen LogP contribution in [0.25, 0.3) is 0 Å². The van der Waals surface area contributed by atoms with Gasteiger partial charge in [0, 0.05) is 26.7 Å². The largest absolute Gasteiger partial charge is 0.339 e. The maximum absolute atomic E-state index is 12.3. The maximum Gasteiger partial charge on any atom is 0.262 e. The van der Waals surface area contributed by atoms with Crippen molar-refractivity contribution in [2.45, 2.75) is 30.3 Å². The van der Waals surface area contributed by atoms with E-state index in [-0.39, 0.29) is 35.9 Å². The number of likely N-dealkylation sites (N-methyl/N-ethyl adjacent to an activating group) is 1. The fourth-order valence-electron chi connectivity index (χ4n) is 2.08. The Morgan fingerprint density at radius 3 is 2.63 bits per heavy atom. The highest BCUT2D eigenvalue weighted by Crippen LogP contribution is 2.22. The monoisotopic (exact) mass is 285 g/mol. The van der Waals surface area contributed by atoms with Crippen molar-refractivity contribution in [3.8, 4) is 0 Å². The van der Waals surface area contributed by atoms with Crippen LogP contribution in [0.1, 0.15) is 19.3 Å². The van der Waals surface area contributed by atoms with Crippen LogP contribution in [0, 0.1) is 0 Å². The van der Waals surface area contributed by atoms with Gasteiger partial charge in [0.1, 0.15) is 5.78 Å². The Hall–Kier alpha value is -1.54. The molecule has 1 heterocycles. The van der Waals surface area contributed by atoms with E-state index in [1.807, 2.05) is 0 Å². The summed E-state index contributed by atoms with van der Waals surface area (Å²) in [7, 11) is -0.786. The molecule has 1 saturated carbocycles. The Bertz CT molecular complexity index is 620. The predicted molar refractivity (Wildman–Crippen MR) is 65.8 cm³/mol. The molecule has 0 bridgehead atoms. The second kappa shape index (κ2) is 4.86. The molecule has 0 aliphatic heterocycles. The summed E-state index contributed by atoms with van der Waals surface area (Å²) in [5.74, 6) is -0.483. The van der Waals surface area contributed by atoms with Gasteiger partial charge in [-0.2, -0.15) is 4.31 Å². The van der Waals surface area contributed by atoms with E-state index in [4.69, 9.17) is 0 Å². The molecule has 1 aliphatic rings. The van der Waals surface area contributed by atoms with Gasteiger partial charge in [-0.15, -0.1) is 0 Å². The smallest absolute Gasteiger partial charge is 0.262 e. The van der Waals surface area contributed by atoms with Crippen LogP contribution in [0.4, 0.5) is 0 Å². The quantitative estimate of drug-likeness (QED) is 0.713. The number of ketones is 2. The summed E-state index contributed by atoms with van der Waals surface area (Å²) in [5.41, 5.74) is 0. The average Bonchev–Trinajstić information content (AvgIpc) is 2.76. The molecule has 2 rings (SSSR count). The Balaban J connectivity index is 2.26. The average molecular weight is 285 g/mol. The first-order valence-corrected chi connectivity index (χ1v) is 7.27. The van der Waals surface area contributed by atoms with Gasteiger partial charge in [0.2, 0.25) is 0 Å². The summed E-state index contributed by atoms with van der Waals surface area (Å²) in [6.45, 7) is 0. The third-order valence-corrected chi connectivity index (χ3v) is 4.96. The van der Waals surface area contributed by atoms with Crippen LogP contribution in [-0.4, -0.2) is 46.9 Å². The summed E-state index contributed by atoms with van der Waals surface area (Å²) < 4.78 is 27.1. The van der Waals surface area contributed by atoms with E-state index in [0.717, 1.165) is 4.31 Å². The second-order valence-corrected chi connectivity index (χ2v) is 6.58. The third-order valence-electron chi connectivity index (χ3n) is 3.20. The van der Waals surface area contributed by atoms with E-state index >= 15 is 0 Å². The summed E-state index contributed by atoms with van der Waals surface area (Å²) in [6, 6.07) is -0.773. The molecule has 1 unspecified atom stereocenters. The van der Waals surface area contributed by atoms with Gasteiger partial charge in [0.15, 0.2) is 10.8 Å². The SMILES string of the molecule is CN(C1CCC(=O)CC1=O)S(=O)(=O)c1cn(C)cn1. The van der Waals surface area contributed by atoms with Crippen LogP contribution >= 0.6 is 0 Å². The van der Waals surface area contributed by atoms with Crippen molar-refractivity contribution in [2.75, 3.05) is 7.05 Å². The van der Waals surface area contributed by atoms with Crippen LogP contribution in [0.15, 0.2) is 17.6 Å². The van der Waals surface area contributed by atoms with Crippen LogP contribution in [-0.2, 0) is 26.7 Å². The van der Waals surface area contributed by atoms with E-state index in [1.165, 1.54) is 24.1 Å². The molecule has 1 atom stereocenters. The number of carbonyl (C=O) groups excluding carboxylic acids is 2. The van der Waals surface area contributed by atoms with E-state index in [9.17, 15) is 18.0 Å². The number of rotatable bonds is 3. The van der Waals surface area contributed by atoms with Gasteiger partial charge in [-0.1, -0.05) is 0 Å². The summed E-state index contributed by atoms with van der Waals surface area (Å²) in [6.07, 6.45) is 3.04. The van der Waals surface area contributed by atoms with Gasteiger partial charge >= 0.3 is 0 Å². The Morgan fingerprint density at radius 2 is 2.11 bits per heavy atom. The number of aromatic nitrogens is 2. The molecule has 0 saturated heterocycles. The van der Waals surface area contributed by atoms with Crippen molar-refractivity contribution in [1.82, 2.24) is 13.9 Å². The number of sulfonamides is 1. The molecular formula is C11H15N3O4S. The van der Waals surface area contributed by atoms with Gasteiger partial charge in [-0.05, 0) is 6.42 Å². The molecule has 0 amide bonds. The standard InChI is InChI=1S/C11H15N3O4S/c1-13-6-11(12-7-13)19(17,18)14(2)9-4-3-8(15)5-10(9)16/h6-7,9H,3-5H2,1-2H3. The van der Waals surface area contributed by atoms with Crippen LogP contribution in [0.5, 0.6) is 0 Å². The Labute approximate surface area is 111 Å². The third kappa shape index (κ3) is 2.59. The molecule has 1 aliphatic carbocycles. The Morgan fingerprint density at radius 1 is 1.42 bits per heavy atom. The minimum atomic E-state index is -3.80. The highest BCUT2D eigenvalue weighted by atomic mass is 32.2. The number of imidazole rings is 1. The molecule has 0 aromatic carbocycles. The number of aryl methyl sites for hydroxylation is 1. The zero-order valence-corrected chi connectivity index (χ0v) is 11.6. The van der Waals surface area contributed by atoms with E-state index in [2.05, 4.69) is 4.98 Å². The molecule has 0 radical (unpaired) electrons. The normalized spacial score (nSPS) is 21.1. The molecule has 0 spiro atoms. The van der Waals surface area contributed by atoms with Gasteiger partial charge in [0.25, 0.3) is 10.0 Å². The molecule has 1 aromatic heterocycles. The lowest BCUT2D eigenvalue weighted by Crippen LogP contribution is -2.45. The van der Waals surface area contributed by atoms with Crippen molar-refractivity contribution in [3.63, 3.8) is 0 Å². The second-order valence-electron chi connectivity index (χ2n) is 4.63. The van der Waals surface area contributed by atoms with Crippen molar-refractivity contribution >= 4 is 21.6 Å². The fraction of sp³-hybridized carbons (Fsp3) is 0.545. The number of carbonyl (C=O) groups is 2. The first-order chi connectivity index (χ1) is 8.82. The first-order valence-electron chi connectivity index (χ1n) is 5.83. The predicted octanol–water partition coefficient (Wildman–Crippen LogP) is -0.269. The molecule has 1 fully saturated rings. The lowest BCUT2D eigenvalue weighted by atomic mass is 9.93. The first kappa shape index (κ1) is 13.9. The van der Waals surface area contributed by atoms with Gasteiger partial charge in [-0.3, -0.25) is 9.59 Å². The van der Waals surface area contributed by atoms with E-state index in [1.54, 1.807) is 7.05 Å². The zero-order valence-electron chi connectivity index (χ0n) is 10.7. The highest BCUT2D eigenvalue weighted by Gasteiger charge is 2.37. The molecule has 0 N–H and O–H groups in total. The van der Waals surface area contributed by atoms with Crippen LogP contribution < -0.4 is 0 Å². The molecule has 104 valence electrons. The summed E-state index contributed by atoms with van der Waals surface area (Å²) >= 11 is 0. The number of Topliss-reactive ketones (excluding diaryl/α,β-unsaturated/α-hetero) is 2. The van der Waals surface area contributed by atoms with Crippen molar-refractivity contribution in [2.24, 2.45) is 7.05 Å². The van der Waals surface area contributed by atoms with E-state index < -0.39 is 16.1 Å². The molecule has 19 heavy (non-hydrogen) atoms. The van der Waals surface area contributed by atoms with Crippen LogP contribution in [0.3, 0.4) is 0 Å². The summed E-state index contributed by atoms with van der Waals surface area (Å²) in [4.78, 5) is 26.7. The van der Waals surface area contributed by atoms with Crippen molar-refractivity contribution in [3.05, 3.63) is 12.5 Å². The fourth-order valence-corrected chi connectivity index (χ4v) is 3.41. The minimum absolute atomic E-state index is 0.0952. The van der Waals surface area contributed by atoms with Crippen molar-refractivity contribution in [1.29, 1.82) is 0 Å². The lowest BCUT2D eigenvalue weighted by Gasteiger charge is -2.27. The molecule has 8 heteroatoms. The number of hydrogen-bond donors (Lipinski definition) is 0. The summed E-state index contributed by atoms with van der Waals surface area (Å²) in [5, 5.41) is -0.0952. The molecular weight excluding hydrogens is 270 g/mol. The van der Waals surface area contributed by atoms with E-state index in [0.29, 0.717) is 0 Å². The van der Waals surface area contributed by atoms with Gasteiger partial charge < -0.3 is 4.57 Å². The Kier molecular flexibility index (Phi) is 3.55. The minimum Gasteiger partial charge on any atom is -0.339 e. The lowest BCUT2D eigenvalue weighted by molar-refractivity contribution is -0.132. The zero-order chi connectivity index (χ0) is 14.2. The topological polar surface area (TPSA) is 89.3 Å². The molecule has 1 aromatic rings. The maximum atomic E-state index is 12.3. The highest BCUT2D eigenvalue weighted by molar-refractivity contribution is 7.89. The molecule has 7 nitrogen and oxygen atoms in total. The van der Waals surface area contributed by atoms with Gasteiger partial charge in [-0.25, -0.2) is 13.4 Å². The number of hydrogen-bond acceptors (Lipinski definition) is 5. The van der Waals surface area contributed by atoms with Crippen LogP contribution in [0.2, 0.25) is 0 Å². The van der Waals surface area contributed by atoms with Gasteiger partial charge in [0.05, 0.1) is 18.8 Å².